The molecule has 9 nitrogen and oxygen atoms in total. The Morgan fingerprint density at radius 2 is 0.700 bits per heavy atom. The zero-order valence-corrected chi connectivity index (χ0v) is 57.3. The minimum atomic E-state index is -1.59. The lowest BCUT2D eigenvalue weighted by Crippen LogP contribution is -2.60. The molecule has 0 bridgehead atoms. The van der Waals surface area contributed by atoms with Crippen molar-refractivity contribution in [2.24, 2.45) is 0 Å². The van der Waals surface area contributed by atoms with E-state index in [1.54, 1.807) is 6.08 Å². The maximum absolute atomic E-state index is 13.1. The summed E-state index contributed by atoms with van der Waals surface area (Å²) in [5.41, 5.74) is 0. The fourth-order valence-electron chi connectivity index (χ4n) is 10.6. The topological polar surface area (TPSA) is 149 Å². The molecular formula is C81H135NO8. The predicted molar refractivity (Wildman–Crippen MR) is 386 cm³/mol. The highest BCUT2D eigenvalue weighted by Crippen LogP contribution is 2.23. The Morgan fingerprint density at radius 3 is 1.07 bits per heavy atom. The van der Waals surface area contributed by atoms with Crippen LogP contribution in [0.15, 0.2) is 158 Å². The minimum Gasteiger partial charge on any atom is -0.394 e. The summed E-state index contributed by atoms with van der Waals surface area (Å²) in [6.45, 7) is 3.65. The molecule has 6 N–H and O–H groups in total. The number of hydrogen-bond donors (Lipinski definition) is 6. The van der Waals surface area contributed by atoms with E-state index in [9.17, 15) is 30.3 Å². The highest BCUT2D eigenvalue weighted by Gasteiger charge is 2.44. The minimum absolute atomic E-state index is 0.210. The Kier molecular flexibility index (Phi) is 63.0. The van der Waals surface area contributed by atoms with E-state index in [1.807, 2.05) is 6.08 Å². The Labute approximate surface area is 552 Å². The van der Waals surface area contributed by atoms with E-state index >= 15 is 0 Å². The van der Waals surface area contributed by atoms with Crippen LogP contribution < -0.4 is 5.32 Å². The fourth-order valence-corrected chi connectivity index (χ4v) is 10.6. The van der Waals surface area contributed by atoms with Crippen LogP contribution in [0.1, 0.15) is 290 Å². The second kappa shape index (κ2) is 67.7. The molecule has 0 spiro atoms. The van der Waals surface area contributed by atoms with Gasteiger partial charge < -0.3 is 40.3 Å². The van der Waals surface area contributed by atoms with Crippen LogP contribution in [-0.4, -0.2) is 87.5 Å². The molecule has 0 aromatic heterocycles. The summed E-state index contributed by atoms with van der Waals surface area (Å²) >= 11 is 0. The zero-order valence-electron chi connectivity index (χ0n) is 57.3. The number of ether oxygens (including phenoxy) is 2. The smallest absolute Gasteiger partial charge is 0.220 e. The molecule has 1 fully saturated rings. The summed E-state index contributed by atoms with van der Waals surface area (Å²) in [4.78, 5) is 13.1. The SMILES string of the molecule is CC/C=C\C/C=C\C/C=C\C/C=C\C/C=C\C/C=C\C/C=C\C/C=C\C/C=C\C/C=C\CCCCCCCCC(=O)NC(COC1OC(CO)C(O)C(O)C1O)C(O)/C=C/CC/C=C/CC/C=C/CCCCCCCCCCCCCCCCCCCCCC. The van der Waals surface area contributed by atoms with Gasteiger partial charge in [-0.3, -0.25) is 4.79 Å². The summed E-state index contributed by atoms with van der Waals surface area (Å²) in [5.74, 6) is -0.210. The monoisotopic (exact) mass is 1250 g/mol. The molecule has 0 saturated carbocycles. The molecule has 7 atom stereocenters. The number of nitrogens with one attached hydrogen (secondary N) is 1. The first kappa shape index (κ1) is 83.8. The average Bonchev–Trinajstić information content (AvgIpc) is 1.28. The third-order valence-corrected chi connectivity index (χ3v) is 16.3. The highest BCUT2D eigenvalue weighted by atomic mass is 16.7. The van der Waals surface area contributed by atoms with Crippen molar-refractivity contribution in [1.82, 2.24) is 5.32 Å². The highest BCUT2D eigenvalue weighted by molar-refractivity contribution is 5.76. The van der Waals surface area contributed by atoms with Gasteiger partial charge in [0.05, 0.1) is 25.4 Å². The van der Waals surface area contributed by atoms with E-state index in [0.29, 0.717) is 6.42 Å². The van der Waals surface area contributed by atoms with Crippen molar-refractivity contribution in [2.75, 3.05) is 13.2 Å². The van der Waals surface area contributed by atoms with Gasteiger partial charge in [0.1, 0.15) is 24.4 Å². The van der Waals surface area contributed by atoms with Gasteiger partial charge in [-0.15, -0.1) is 0 Å². The maximum atomic E-state index is 13.1. The third-order valence-electron chi connectivity index (χ3n) is 16.3. The molecule has 90 heavy (non-hydrogen) atoms. The van der Waals surface area contributed by atoms with Gasteiger partial charge in [0.2, 0.25) is 5.91 Å². The van der Waals surface area contributed by atoms with Crippen molar-refractivity contribution in [3.8, 4) is 0 Å². The second-order valence-corrected chi connectivity index (χ2v) is 24.6. The first-order valence-corrected chi connectivity index (χ1v) is 36.7. The molecule has 1 aliphatic rings. The number of carbonyl (C=O) groups is 1. The van der Waals surface area contributed by atoms with Gasteiger partial charge in [0.15, 0.2) is 6.29 Å². The molecule has 1 aliphatic heterocycles. The lowest BCUT2D eigenvalue weighted by atomic mass is 9.99. The Bertz CT molecular complexity index is 1980. The molecule has 7 unspecified atom stereocenters. The third kappa shape index (κ3) is 55.4. The normalized spacial score (nSPS) is 18.8. The lowest BCUT2D eigenvalue weighted by molar-refractivity contribution is -0.302. The summed E-state index contributed by atoms with van der Waals surface area (Å²) in [6, 6.07) is -0.851. The van der Waals surface area contributed by atoms with Crippen LogP contribution in [0.5, 0.6) is 0 Å². The molecule has 1 heterocycles. The Hall–Kier alpha value is -4.19. The van der Waals surface area contributed by atoms with Crippen molar-refractivity contribution in [3.05, 3.63) is 158 Å². The number of amides is 1. The first-order valence-electron chi connectivity index (χ1n) is 36.7. The van der Waals surface area contributed by atoms with Gasteiger partial charge in [-0.2, -0.15) is 0 Å². The molecule has 1 amide bonds. The quantitative estimate of drug-likeness (QED) is 0.0261. The number of aliphatic hydroxyl groups is 5. The average molecular weight is 1250 g/mol. The van der Waals surface area contributed by atoms with Crippen LogP contribution >= 0.6 is 0 Å². The van der Waals surface area contributed by atoms with E-state index in [1.165, 1.54) is 128 Å². The molecule has 0 aliphatic carbocycles. The number of rotatable bonds is 62. The van der Waals surface area contributed by atoms with Crippen LogP contribution in [0, 0.1) is 0 Å². The van der Waals surface area contributed by atoms with Gasteiger partial charge in [-0.1, -0.05) is 320 Å². The summed E-state index contributed by atoms with van der Waals surface area (Å²) in [7, 11) is 0. The van der Waals surface area contributed by atoms with E-state index in [0.717, 1.165) is 141 Å². The van der Waals surface area contributed by atoms with E-state index in [2.05, 4.69) is 165 Å². The summed E-state index contributed by atoms with van der Waals surface area (Å²) in [5, 5.41) is 54.8. The zero-order chi connectivity index (χ0) is 64.9. The number of allylic oxidation sites excluding steroid dienone is 25. The van der Waals surface area contributed by atoms with Gasteiger partial charge in [-0.25, -0.2) is 0 Å². The summed E-state index contributed by atoms with van der Waals surface area (Å²) < 4.78 is 11.3. The van der Waals surface area contributed by atoms with Crippen LogP contribution in [0.25, 0.3) is 0 Å². The number of aliphatic hydroxyl groups excluding tert-OH is 5. The van der Waals surface area contributed by atoms with Crippen LogP contribution in [0.3, 0.4) is 0 Å². The van der Waals surface area contributed by atoms with Gasteiger partial charge >= 0.3 is 0 Å². The van der Waals surface area contributed by atoms with Crippen molar-refractivity contribution in [1.29, 1.82) is 0 Å². The standard InChI is InChI=1S/C81H135NO8/c1-3-5-7-9-11-13-15-17-19-21-23-25-27-29-31-33-35-36-37-38-39-40-41-43-45-47-49-51-53-55-57-59-61-63-65-67-69-71-77(85)82-74(73-89-81-80(88)79(87)78(86)76(72-83)90-81)75(84)70-68-66-64-62-60-58-56-54-52-50-48-46-44-42-34-32-30-28-26-24-22-20-18-16-14-12-10-8-6-4-2/h5,7,11,13,17,19,23,25,29,31,35-36,38-39,41,43,47,49,52-55,60,62,68,70,74-76,78-81,83-84,86-88H,3-4,6,8-10,12,14-16,18,20-22,24,26-28,30,32-34,37,40,42,44-46,48,50-51,56-59,61,63-67,69,71-73H2,1-2H3,(H,82,85)/b7-5-,13-11-,19-17-,25-23-,31-29-,36-35-,39-38-,43-41-,49-47-,54-52+,55-53-,62-60+,70-68+. The number of hydrogen-bond acceptors (Lipinski definition) is 8. The van der Waals surface area contributed by atoms with Crippen LogP contribution in [0.4, 0.5) is 0 Å². The van der Waals surface area contributed by atoms with Crippen molar-refractivity contribution in [3.63, 3.8) is 0 Å². The fraction of sp³-hybridized carbons (Fsp3) is 0.667. The van der Waals surface area contributed by atoms with Gasteiger partial charge in [-0.05, 0) is 122 Å². The molecular weight excluding hydrogens is 1110 g/mol. The Morgan fingerprint density at radius 1 is 0.389 bits per heavy atom. The molecule has 1 rings (SSSR count). The van der Waals surface area contributed by atoms with Gasteiger partial charge in [0.25, 0.3) is 0 Å². The molecule has 0 radical (unpaired) electrons. The molecule has 9 heteroatoms. The number of carbonyl (C=O) groups excluding carboxylic acids is 1. The van der Waals surface area contributed by atoms with E-state index in [-0.39, 0.29) is 12.5 Å². The molecule has 0 aromatic rings. The largest absolute Gasteiger partial charge is 0.394 e. The second-order valence-electron chi connectivity index (χ2n) is 24.6. The van der Waals surface area contributed by atoms with Crippen LogP contribution in [0.2, 0.25) is 0 Å². The molecule has 1 saturated heterocycles. The lowest BCUT2D eigenvalue weighted by Gasteiger charge is -2.40. The van der Waals surface area contributed by atoms with Crippen molar-refractivity contribution in [2.45, 2.75) is 333 Å². The molecule has 512 valence electrons. The van der Waals surface area contributed by atoms with E-state index in [4.69, 9.17) is 9.47 Å². The molecule has 0 aromatic carbocycles. The van der Waals surface area contributed by atoms with E-state index < -0.39 is 49.5 Å². The predicted octanol–water partition coefficient (Wildman–Crippen LogP) is 20.7. The maximum Gasteiger partial charge on any atom is 0.220 e. The summed E-state index contributed by atoms with van der Waals surface area (Å²) in [6.07, 6.45) is 99.2. The van der Waals surface area contributed by atoms with Crippen molar-refractivity contribution >= 4 is 5.91 Å². The van der Waals surface area contributed by atoms with Crippen LogP contribution in [-0.2, 0) is 14.3 Å². The first-order chi connectivity index (χ1) is 44.3. The van der Waals surface area contributed by atoms with Crippen molar-refractivity contribution < 1.29 is 39.8 Å². The Balaban J connectivity index is 2.20. The van der Waals surface area contributed by atoms with Gasteiger partial charge in [0, 0.05) is 6.42 Å². The number of unbranched alkanes of at least 4 members (excludes halogenated alkanes) is 28.